The molecule has 1 unspecified atom stereocenters. The lowest BCUT2D eigenvalue weighted by molar-refractivity contribution is 0.0291. The van der Waals surface area contributed by atoms with E-state index in [9.17, 15) is 0 Å². The lowest BCUT2D eigenvalue weighted by Crippen LogP contribution is -2.32. The summed E-state index contributed by atoms with van der Waals surface area (Å²) in [5.74, 6) is 2.56. The van der Waals surface area contributed by atoms with Crippen molar-refractivity contribution in [3.63, 3.8) is 0 Å². The first-order valence-electron chi connectivity index (χ1n) is 4.01. The van der Waals surface area contributed by atoms with Crippen LogP contribution in [0.1, 0.15) is 6.42 Å². The Balaban J connectivity index is 3.26. The number of rotatable bonds is 7. The van der Waals surface area contributed by atoms with Gasteiger partial charge in [0, 0.05) is 33.7 Å². The fourth-order valence-corrected chi connectivity index (χ4v) is 0.820. The summed E-state index contributed by atoms with van der Waals surface area (Å²) < 4.78 is 10.1. The molecule has 0 aliphatic rings. The standard InChI is InChI=1S/C9H17NO2/c1-4-5-6-10-7-9(12-3)8-11-2/h1,9-10H,5-8H2,2-3H3. The van der Waals surface area contributed by atoms with Crippen molar-refractivity contribution in [1.82, 2.24) is 5.32 Å². The molecule has 0 saturated heterocycles. The predicted molar refractivity (Wildman–Crippen MR) is 49.0 cm³/mol. The summed E-state index contributed by atoms with van der Waals surface area (Å²) >= 11 is 0. The van der Waals surface area contributed by atoms with Gasteiger partial charge in [-0.3, -0.25) is 0 Å². The number of nitrogens with one attached hydrogen (secondary N) is 1. The van der Waals surface area contributed by atoms with Crippen LogP contribution in [0.25, 0.3) is 0 Å². The van der Waals surface area contributed by atoms with E-state index in [0.29, 0.717) is 6.61 Å². The molecule has 3 heteroatoms. The third kappa shape index (κ3) is 6.17. The number of hydrogen-bond donors (Lipinski definition) is 1. The first kappa shape index (κ1) is 11.4. The van der Waals surface area contributed by atoms with E-state index < -0.39 is 0 Å². The zero-order valence-corrected chi connectivity index (χ0v) is 7.80. The molecule has 70 valence electrons. The largest absolute Gasteiger partial charge is 0.382 e. The van der Waals surface area contributed by atoms with Crippen molar-refractivity contribution in [2.45, 2.75) is 12.5 Å². The summed E-state index contributed by atoms with van der Waals surface area (Å²) in [6.45, 7) is 2.23. The van der Waals surface area contributed by atoms with Gasteiger partial charge in [0.25, 0.3) is 0 Å². The normalized spacial score (nSPS) is 12.4. The Morgan fingerprint density at radius 3 is 2.75 bits per heavy atom. The van der Waals surface area contributed by atoms with Gasteiger partial charge in [-0.1, -0.05) is 0 Å². The average molecular weight is 171 g/mol. The van der Waals surface area contributed by atoms with E-state index in [1.165, 1.54) is 0 Å². The number of terminal acetylenes is 1. The van der Waals surface area contributed by atoms with Crippen LogP contribution in [0, 0.1) is 12.3 Å². The molecule has 0 aromatic heterocycles. The molecule has 0 saturated carbocycles. The minimum Gasteiger partial charge on any atom is -0.382 e. The molecule has 0 spiro atoms. The van der Waals surface area contributed by atoms with Gasteiger partial charge in [-0.2, -0.15) is 0 Å². The topological polar surface area (TPSA) is 30.5 Å². The van der Waals surface area contributed by atoms with Gasteiger partial charge in [0.2, 0.25) is 0 Å². The second-order valence-corrected chi connectivity index (χ2v) is 2.47. The molecule has 0 aliphatic heterocycles. The molecule has 12 heavy (non-hydrogen) atoms. The molecule has 0 amide bonds. The van der Waals surface area contributed by atoms with Gasteiger partial charge in [0.15, 0.2) is 0 Å². The molecule has 0 radical (unpaired) electrons. The summed E-state index contributed by atoms with van der Waals surface area (Å²) in [6.07, 6.45) is 5.96. The number of methoxy groups -OCH3 is 2. The Kier molecular flexibility index (Phi) is 8.14. The molecule has 0 aromatic carbocycles. The van der Waals surface area contributed by atoms with Crippen molar-refractivity contribution in [1.29, 1.82) is 0 Å². The monoisotopic (exact) mass is 171 g/mol. The van der Waals surface area contributed by atoms with E-state index in [2.05, 4.69) is 11.2 Å². The van der Waals surface area contributed by atoms with Crippen molar-refractivity contribution in [2.75, 3.05) is 33.9 Å². The molecule has 0 aliphatic carbocycles. The smallest absolute Gasteiger partial charge is 0.0928 e. The Bertz CT molecular complexity index is 131. The molecule has 0 fully saturated rings. The van der Waals surface area contributed by atoms with Crippen molar-refractivity contribution in [2.24, 2.45) is 0 Å². The van der Waals surface area contributed by atoms with Gasteiger partial charge in [0.1, 0.15) is 0 Å². The van der Waals surface area contributed by atoms with Gasteiger partial charge in [0.05, 0.1) is 12.7 Å². The summed E-state index contributed by atoms with van der Waals surface area (Å²) in [4.78, 5) is 0. The maximum atomic E-state index is 5.13. The Morgan fingerprint density at radius 1 is 1.50 bits per heavy atom. The predicted octanol–water partition coefficient (Wildman–Crippen LogP) is 0.261. The van der Waals surface area contributed by atoms with Crippen LogP contribution in [0.2, 0.25) is 0 Å². The highest BCUT2D eigenvalue weighted by Crippen LogP contribution is 1.88. The maximum absolute atomic E-state index is 5.13. The van der Waals surface area contributed by atoms with Crippen molar-refractivity contribution < 1.29 is 9.47 Å². The van der Waals surface area contributed by atoms with Crippen LogP contribution in [0.15, 0.2) is 0 Å². The quantitative estimate of drug-likeness (QED) is 0.440. The Hall–Kier alpha value is -0.560. The molecule has 0 heterocycles. The molecule has 0 bridgehead atoms. The lowest BCUT2D eigenvalue weighted by atomic mass is 10.3. The second kappa shape index (κ2) is 8.54. The summed E-state index contributed by atoms with van der Waals surface area (Å²) in [6, 6.07) is 0. The highest BCUT2D eigenvalue weighted by molar-refractivity contribution is 4.84. The molecular weight excluding hydrogens is 154 g/mol. The summed E-state index contributed by atoms with van der Waals surface area (Å²) in [5.41, 5.74) is 0. The molecule has 0 rings (SSSR count). The van der Waals surface area contributed by atoms with Crippen LogP contribution in [-0.2, 0) is 9.47 Å². The number of hydrogen-bond acceptors (Lipinski definition) is 3. The fourth-order valence-electron chi connectivity index (χ4n) is 0.820. The maximum Gasteiger partial charge on any atom is 0.0928 e. The van der Waals surface area contributed by atoms with E-state index in [4.69, 9.17) is 15.9 Å². The van der Waals surface area contributed by atoms with E-state index in [1.807, 2.05) is 0 Å². The van der Waals surface area contributed by atoms with Crippen LogP contribution in [0.5, 0.6) is 0 Å². The zero-order chi connectivity index (χ0) is 9.23. The Labute approximate surface area is 74.4 Å². The first-order valence-corrected chi connectivity index (χ1v) is 4.01. The minimum atomic E-state index is 0.118. The van der Waals surface area contributed by atoms with Gasteiger partial charge < -0.3 is 14.8 Å². The third-order valence-corrected chi connectivity index (χ3v) is 1.50. The van der Waals surface area contributed by atoms with E-state index >= 15 is 0 Å². The van der Waals surface area contributed by atoms with Crippen molar-refractivity contribution in [3.05, 3.63) is 0 Å². The van der Waals surface area contributed by atoms with Gasteiger partial charge in [-0.25, -0.2) is 0 Å². The van der Waals surface area contributed by atoms with Crippen LogP contribution >= 0.6 is 0 Å². The fraction of sp³-hybridized carbons (Fsp3) is 0.778. The van der Waals surface area contributed by atoms with Crippen molar-refractivity contribution in [3.8, 4) is 12.3 Å². The van der Waals surface area contributed by atoms with E-state index in [-0.39, 0.29) is 6.10 Å². The number of ether oxygens (including phenoxy) is 2. The van der Waals surface area contributed by atoms with Crippen LogP contribution in [-0.4, -0.2) is 40.0 Å². The van der Waals surface area contributed by atoms with Gasteiger partial charge in [-0.15, -0.1) is 12.3 Å². The highest BCUT2D eigenvalue weighted by Gasteiger charge is 2.04. The van der Waals surface area contributed by atoms with E-state index in [1.54, 1.807) is 14.2 Å². The Morgan fingerprint density at radius 2 is 2.25 bits per heavy atom. The van der Waals surface area contributed by atoms with E-state index in [0.717, 1.165) is 19.5 Å². The SMILES string of the molecule is C#CCCNCC(COC)OC. The molecule has 3 nitrogen and oxygen atoms in total. The van der Waals surface area contributed by atoms with Gasteiger partial charge >= 0.3 is 0 Å². The summed E-state index contributed by atoms with van der Waals surface area (Å²) in [7, 11) is 3.33. The molecular formula is C9H17NO2. The minimum absolute atomic E-state index is 0.118. The van der Waals surface area contributed by atoms with Crippen LogP contribution in [0.3, 0.4) is 0 Å². The molecule has 0 aromatic rings. The first-order chi connectivity index (χ1) is 5.85. The molecule has 1 N–H and O–H groups in total. The van der Waals surface area contributed by atoms with Crippen LogP contribution in [0.4, 0.5) is 0 Å². The van der Waals surface area contributed by atoms with Crippen molar-refractivity contribution >= 4 is 0 Å². The second-order valence-electron chi connectivity index (χ2n) is 2.47. The van der Waals surface area contributed by atoms with Gasteiger partial charge in [-0.05, 0) is 0 Å². The molecule has 1 atom stereocenters. The lowest BCUT2D eigenvalue weighted by Gasteiger charge is -2.14. The van der Waals surface area contributed by atoms with Crippen LogP contribution < -0.4 is 5.32 Å². The third-order valence-electron chi connectivity index (χ3n) is 1.50. The zero-order valence-electron chi connectivity index (χ0n) is 7.80. The summed E-state index contributed by atoms with van der Waals surface area (Å²) in [5, 5.41) is 3.17. The highest BCUT2D eigenvalue weighted by atomic mass is 16.5. The average Bonchev–Trinajstić information content (AvgIpc) is 2.10.